The Balaban J connectivity index is 1.93. The van der Waals surface area contributed by atoms with E-state index in [2.05, 4.69) is 22.0 Å². The second-order valence-corrected chi connectivity index (χ2v) is 4.98. The van der Waals surface area contributed by atoms with Crippen LogP contribution in [0, 0.1) is 13.8 Å². The third-order valence-corrected chi connectivity index (χ3v) is 3.41. The van der Waals surface area contributed by atoms with Gasteiger partial charge in [0.2, 0.25) is 5.89 Å². The van der Waals surface area contributed by atoms with E-state index in [4.69, 9.17) is 4.42 Å². The molecule has 4 heteroatoms. The fourth-order valence-corrected chi connectivity index (χ4v) is 2.14. The van der Waals surface area contributed by atoms with Crippen LogP contribution in [-0.4, -0.2) is 34.7 Å². The molecule has 0 aliphatic rings. The molecule has 1 aromatic heterocycles. The summed E-state index contributed by atoms with van der Waals surface area (Å²) in [7, 11) is 0. The van der Waals surface area contributed by atoms with Crippen molar-refractivity contribution in [3.63, 3.8) is 0 Å². The second kappa shape index (κ2) is 7.22. The van der Waals surface area contributed by atoms with Crippen LogP contribution in [0.4, 0.5) is 0 Å². The van der Waals surface area contributed by atoms with Crippen LogP contribution in [0.1, 0.15) is 22.9 Å². The Labute approximate surface area is 120 Å². The van der Waals surface area contributed by atoms with E-state index in [-0.39, 0.29) is 6.61 Å². The van der Waals surface area contributed by atoms with E-state index < -0.39 is 0 Å². The van der Waals surface area contributed by atoms with E-state index >= 15 is 0 Å². The summed E-state index contributed by atoms with van der Waals surface area (Å²) >= 11 is 0. The van der Waals surface area contributed by atoms with Crippen molar-refractivity contribution in [2.75, 3.05) is 19.7 Å². The van der Waals surface area contributed by atoms with Crippen molar-refractivity contribution in [3.05, 3.63) is 53.2 Å². The Kier molecular flexibility index (Phi) is 5.32. The summed E-state index contributed by atoms with van der Waals surface area (Å²) in [6.07, 6.45) is 0.958. The fraction of sp³-hybridized carbons (Fsp3) is 0.438. The molecule has 0 unspecified atom stereocenters. The summed E-state index contributed by atoms with van der Waals surface area (Å²) in [5, 5.41) is 9.18. The zero-order valence-corrected chi connectivity index (χ0v) is 12.2. The minimum atomic E-state index is 0.146. The normalized spacial score (nSPS) is 11.2. The smallest absolute Gasteiger partial charge is 0.208 e. The number of aromatic nitrogens is 1. The number of aryl methyl sites for hydroxylation is 2. The molecule has 0 saturated carbocycles. The highest BCUT2D eigenvalue weighted by Crippen LogP contribution is 2.11. The van der Waals surface area contributed by atoms with E-state index in [1.165, 1.54) is 5.56 Å². The van der Waals surface area contributed by atoms with Crippen LogP contribution >= 0.6 is 0 Å². The van der Waals surface area contributed by atoms with Gasteiger partial charge in [0, 0.05) is 13.1 Å². The molecule has 0 spiro atoms. The maximum Gasteiger partial charge on any atom is 0.208 e. The number of hydrogen-bond donors (Lipinski definition) is 1. The number of aliphatic hydroxyl groups excluding tert-OH is 1. The third-order valence-electron chi connectivity index (χ3n) is 3.41. The summed E-state index contributed by atoms with van der Waals surface area (Å²) in [4.78, 5) is 6.56. The van der Waals surface area contributed by atoms with Crippen LogP contribution in [0.2, 0.25) is 0 Å². The highest BCUT2D eigenvalue weighted by atomic mass is 16.4. The molecule has 0 aliphatic heterocycles. The SMILES string of the molecule is Cc1nc(CN(CCO)CCc2ccccc2)oc1C. The molecule has 0 radical (unpaired) electrons. The number of benzene rings is 1. The predicted molar refractivity (Wildman–Crippen MR) is 78.5 cm³/mol. The predicted octanol–water partition coefficient (Wildman–Crippen LogP) is 2.33. The van der Waals surface area contributed by atoms with Gasteiger partial charge in [-0.3, -0.25) is 4.90 Å². The maximum atomic E-state index is 9.18. The lowest BCUT2D eigenvalue weighted by Crippen LogP contribution is -2.28. The number of aliphatic hydroxyl groups is 1. The molecule has 0 aliphatic carbocycles. The summed E-state index contributed by atoms with van der Waals surface area (Å²) < 4.78 is 5.61. The number of oxazole rings is 1. The lowest BCUT2D eigenvalue weighted by atomic mass is 10.1. The summed E-state index contributed by atoms with van der Waals surface area (Å²) in [6, 6.07) is 10.4. The largest absolute Gasteiger partial charge is 0.444 e. The van der Waals surface area contributed by atoms with Crippen LogP contribution < -0.4 is 0 Å². The molecule has 108 valence electrons. The van der Waals surface area contributed by atoms with Crippen molar-refractivity contribution in [1.29, 1.82) is 0 Å². The summed E-state index contributed by atoms with van der Waals surface area (Å²) in [5.74, 6) is 1.59. The number of hydrogen-bond acceptors (Lipinski definition) is 4. The van der Waals surface area contributed by atoms with Gasteiger partial charge in [0.05, 0.1) is 18.8 Å². The van der Waals surface area contributed by atoms with Crippen molar-refractivity contribution < 1.29 is 9.52 Å². The third kappa shape index (κ3) is 4.18. The van der Waals surface area contributed by atoms with E-state index in [0.29, 0.717) is 13.1 Å². The zero-order chi connectivity index (χ0) is 14.4. The monoisotopic (exact) mass is 274 g/mol. The van der Waals surface area contributed by atoms with Gasteiger partial charge < -0.3 is 9.52 Å². The van der Waals surface area contributed by atoms with Crippen molar-refractivity contribution in [2.24, 2.45) is 0 Å². The molecule has 0 saturated heterocycles. The molecular weight excluding hydrogens is 252 g/mol. The standard InChI is InChI=1S/C16H22N2O2/c1-13-14(2)20-16(17-13)12-18(10-11-19)9-8-15-6-4-3-5-7-15/h3-7,19H,8-12H2,1-2H3. The second-order valence-electron chi connectivity index (χ2n) is 4.98. The van der Waals surface area contributed by atoms with Gasteiger partial charge in [-0.05, 0) is 25.8 Å². The van der Waals surface area contributed by atoms with E-state index in [1.54, 1.807) is 0 Å². The zero-order valence-electron chi connectivity index (χ0n) is 12.2. The summed E-state index contributed by atoms with van der Waals surface area (Å²) in [5.41, 5.74) is 2.24. The lowest BCUT2D eigenvalue weighted by molar-refractivity contribution is 0.179. The van der Waals surface area contributed by atoms with Crippen molar-refractivity contribution >= 4 is 0 Å². The van der Waals surface area contributed by atoms with Crippen LogP contribution in [0.3, 0.4) is 0 Å². The molecule has 2 rings (SSSR count). The Morgan fingerprint density at radius 3 is 2.50 bits per heavy atom. The van der Waals surface area contributed by atoms with Crippen molar-refractivity contribution in [2.45, 2.75) is 26.8 Å². The average molecular weight is 274 g/mol. The quantitative estimate of drug-likeness (QED) is 0.842. The van der Waals surface area contributed by atoms with Crippen molar-refractivity contribution in [3.8, 4) is 0 Å². The van der Waals surface area contributed by atoms with E-state index in [1.807, 2.05) is 32.0 Å². The molecule has 1 heterocycles. The molecule has 0 bridgehead atoms. The molecule has 20 heavy (non-hydrogen) atoms. The minimum absolute atomic E-state index is 0.146. The van der Waals surface area contributed by atoms with Crippen LogP contribution in [-0.2, 0) is 13.0 Å². The topological polar surface area (TPSA) is 49.5 Å². The lowest BCUT2D eigenvalue weighted by Gasteiger charge is -2.19. The first-order valence-corrected chi connectivity index (χ1v) is 6.99. The number of nitrogens with zero attached hydrogens (tertiary/aromatic N) is 2. The molecule has 1 N–H and O–H groups in total. The molecule has 4 nitrogen and oxygen atoms in total. The van der Waals surface area contributed by atoms with E-state index in [0.717, 1.165) is 30.3 Å². The highest BCUT2D eigenvalue weighted by Gasteiger charge is 2.11. The van der Waals surface area contributed by atoms with Gasteiger partial charge in [-0.1, -0.05) is 30.3 Å². The van der Waals surface area contributed by atoms with Crippen molar-refractivity contribution in [1.82, 2.24) is 9.88 Å². The molecule has 1 aromatic carbocycles. The van der Waals surface area contributed by atoms with Gasteiger partial charge in [0.25, 0.3) is 0 Å². The molecule has 2 aromatic rings. The molecule has 0 amide bonds. The Morgan fingerprint density at radius 2 is 1.90 bits per heavy atom. The van der Waals surface area contributed by atoms with E-state index in [9.17, 15) is 5.11 Å². The number of rotatable bonds is 7. The van der Waals surface area contributed by atoms with Gasteiger partial charge in [-0.15, -0.1) is 0 Å². The van der Waals surface area contributed by atoms with Gasteiger partial charge in [-0.25, -0.2) is 4.98 Å². The first-order chi connectivity index (χ1) is 9.69. The molecule has 0 atom stereocenters. The minimum Gasteiger partial charge on any atom is -0.444 e. The Hall–Kier alpha value is -1.65. The first kappa shape index (κ1) is 14.8. The maximum absolute atomic E-state index is 9.18. The Bertz CT molecular complexity index is 503. The van der Waals surface area contributed by atoms with Gasteiger partial charge in [0.15, 0.2) is 0 Å². The highest BCUT2D eigenvalue weighted by molar-refractivity contribution is 5.14. The van der Waals surface area contributed by atoms with Crippen LogP contribution in [0.5, 0.6) is 0 Å². The van der Waals surface area contributed by atoms with Crippen LogP contribution in [0.15, 0.2) is 34.7 Å². The van der Waals surface area contributed by atoms with Gasteiger partial charge in [-0.2, -0.15) is 0 Å². The average Bonchev–Trinajstić information content (AvgIpc) is 2.76. The van der Waals surface area contributed by atoms with Gasteiger partial charge >= 0.3 is 0 Å². The van der Waals surface area contributed by atoms with Crippen LogP contribution in [0.25, 0.3) is 0 Å². The molecular formula is C16H22N2O2. The Morgan fingerprint density at radius 1 is 1.15 bits per heavy atom. The first-order valence-electron chi connectivity index (χ1n) is 6.99. The molecule has 0 fully saturated rings. The van der Waals surface area contributed by atoms with Gasteiger partial charge in [0.1, 0.15) is 5.76 Å². The summed E-state index contributed by atoms with van der Waals surface area (Å²) in [6.45, 7) is 6.17. The fourth-order valence-electron chi connectivity index (χ4n) is 2.14.